The van der Waals surface area contributed by atoms with Crippen molar-refractivity contribution >= 4 is 12.0 Å². The SMILES string of the molecule is NCC1CCCN1C(=O)/C=C/c1c(F)cccc1F. The van der Waals surface area contributed by atoms with E-state index >= 15 is 0 Å². The molecule has 1 heterocycles. The second kappa shape index (κ2) is 5.93. The summed E-state index contributed by atoms with van der Waals surface area (Å²) in [7, 11) is 0. The highest BCUT2D eigenvalue weighted by Crippen LogP contribution is 2.18. The topological polar surface area (TPSA) is 46.3 Å². The van der Waals surface area contributed by atoms with Crippen LogP contribution in [-0.2, 0) is 4.79 Å². The van der Waals surface area contributed by atoms with E-state index in [9.17, 15) is 13.6 Å². The van der Waals surface area contributed by atoms with Gasteiger partial charge in [-0.2, -0.15) is 0 Å². The summed E-state index contributed by atoms with van der Waals surface area (Å²) in [6.45, 7) is 1.05. The normalized spacial score (nSPS) is 19.3. The van der Waals surface area contributed by atoms with Crippen LogP contribution in [-0.4, -0.2) is 29.9 Å². The van der Waals surface area contributed by atoms with E-state index in [1.807, 2.05) is 0 Å². The number of benzene rings is 1. The number of hydrogen-bond donors (Lipinski definition) is 1. The number of likely N-dealkylation sites (tertiary alicyclic amines) is 1. The molecule has 2 rings (SSSR count). The minimum absolute atomic E-state index is 0.0302. The van der Waals surface area contributed by atoms with Gasteiger partial charge in [-0.15, -0.1) is 0 Å². The summed E-state index contributed by atoms with van der Waals surface area (Å²) in [6.07, 6.45) is 4.17. The molecule has 2 N–H and O–H groups in total. The summed E-state index contributed by atoms with van der Waals surface area (Å²) >= 11 is 0. The lowest BCUT2D eigenvalue weighted by Gasteiger charge is -2.21. The maximum Gasteiger partial charge on any atom is 0.246 e. The van der Waals surface area contributed by atoms with Gasteiger partial charge in [0, 0.05) is 30.8 Å². The number of carbonyl (C=O) groups is 1. The zero-order chi connectivity index (χ0) is 13.8. The summed E-state index contributed by atoms with van der Waals surface area (Å²) in [6, 6.07) is 3.63. The largest absolute Gasteiger partial charge is 0.335 e. The fourth-order valence-corrected chi connectivity index (χ4v) is 2.29. The molecule has 3 nitrogen and oxygen atoms in total. The molecule has 1 unspecified atom stereocenters. The van der Waals surface area contributed by atoms with Crippen molar-refractivity contribution in [2.24, 2.45) is 5.73 Å². The fourth-order valence-electron chi connectivity index (χ4n) is 2.29. The number of nitrogens with zero attached hydrogens (tertiary/aromatic N) is 1. The third-order valence-corrected chi connectivity index (χ3v) is 3.32. The molecule has 0 saturated carbocycles. The summed E-state index contributed by atoms with van der Waals surface area (Å²) in [4.78, 5) is 13.6. The number of amides is 1. The van der Waals surface area contributed by atoms with Crippen LogP contribution < -0.4 is 5.73 Å². The number of hydrogen-bond acceptors (Lipinski definition) is 2. The predicted molar refractivity (Wildman–Crippen MR) is 69.2 cm³/mol. The molecule has 1 aromatic rings. The smallest absolute Gasteiger partial charge is 0.246 e. The van der Waals surface area contributed by atoms with Gasteiger partial charge in [0.2, 0.25) is 5.91 Å². The third-order valence-electron chi connectivity index (χ3n) is 3.32. The van der Waals surface area contributed by atoms with Crippen LogP contribution in [0, 0.1) is 11.6 Å². The Morgan fingerprint density at radius 1 is 1.42 bits per heavy atom. The lowest BCUT2D eigenvalue weighted by Crippen LogP contribution is -2.38. The van der Waals surface area contributed by atoms with Crippen LogP contribution >= 0.6 is 0 Å². The van der Waals surface area contributed by atoms with Gasteiger partial charge in [-0.1, -0.05) is 6.07 Å². The van der Waals surface area contributed by atoms with Gasteiger partial charge in [0.15, 0.2) is 0 Å². The van der Waals surface area contributed by atoms with Crippen molar-refractivity contribution in [2.45, 2.75) is 18.9 Å². The van der Waals surface area contributed by atoms with Crippen molar-refractivity contribution in [3.05, 3.63) is 41.5 Å². The Labute approximate surface area is 110 Å². The van der Waals surface area contributed by atoms with Gasteiger partial charge in [-0.25, -0.2) is 8.78 Å². The van der Waals surface area contributed by atoms with Crippen LogP contribution in [0.25, 0.3) is 6.08 Å². The zero-order valence-corrected chi connectivity index (χ0v) is 10.5. The Bertz CT molecular complexity index is 482. The van der Waals surface area contributed by atoms with E-state index in [1.54, 1.807) is 4.90 Å². The van der Waals surface area contributed by atoms with Crippen LogP contribution in [0.15, 0.2) is 24.3 Å². The molecule has 1 aromatic carbocycles. The van der Waals surface area contributed by atoms with Gasteiger partial charge in [0.25, 0.3) is 0 Å². The van der Waals surface area contributed by atoms with Gasteiger partial charge in [-0.3, -0.25) is 4.79 Å². The highest BCUT2D eigenvalue weighted by Gasteiger charge is 2.25. The molecule has 1 amide bonds. The van der Waals surface area contributed by atoms with Crippen LogP contribution in [0.1, 0.15) is 18.4 Å². The van der Waals surface area contributed by atoms with Crippen molar-refractivity contribution < 1.29 is 13.6 Å². The predicted octanol–water partition coefficient (Wildman–Crippen LogP) is 1.93. The summed E-state index contributed by atoms with van der Waals surface area (Å²) in [5, 5.41) is 0. The molecular formula is C14H16F2N2O. The van der Waals surface area contributed by atoms with Gasteiger partial charge in [0.1, 0.15) is 11.6 Å². The first-order chi connectivity index (χ1) is 9.13. The van der Waals surface area contributed by atoms with Crippen LogP contribution in [0.2, 0.25) is 0 Å². The van der Waals surface area contributed by atoms with E-state index in [1.165, 1.54) is 18.2 Å². The highest BCUT2D eigenvalue weighted by molar-refractivity contribution is 5.92. The monoisotopic (exact) mass is 266 g/mol. The molecule has 1 aliphatic heterocycles. The molecule has 0 radical (unpaired) electrons. The molecule has 19 heavy (non-hydrogen) atoms. The summed E-state index contributed by atoms with van der Waals surface area (Å²) in [5.74, 6) is -1.61. The van der Waals surface area contributed by atoms with E-state index in [4.69, 9.17) is 5.73 Å². The van der Waals surface area contributed by atoms with Gasteiger partial charge in [0.05, 0.1) is 0 Å². The van der Waals surface area contributed by atoms with Gasteiger partial charge in [-0.05, 0) is 31.1 Å². The van der Waals surface area contributed by atoms with Crippen LogP contribution in [0.4, 0.5) is 8.78 Å². The Morgan fingerprint density at radius 3 is 2.74 bits per heavy atom. The van der Waals surface area contributed by atoms with Crippen molar-refractivity contribution in [1.29, 1.82) is 0 Å². The van der Waals surface area contributed by atoms with Crippen molar-refractivity contribution in [1.82, 2.24) is 4.90 Å². The number of rotatable bonds is 3. The first-order valence-corrected chi connectivity index (χ1v) is 6.26. The van der Waals surface area contributed by atoms with E-state index in [0.29, 0.717) is 13.1 Å². The first-order valence-electron chi connectivity index (χ1n) is 6.26. The Morgan fingerprint density at radius 2 is 2.11 bits per heavy atom. The molecule has 1 saturated heterocycles. The lowest BCUT2D eigenvalue weighted by atomic mass is 10.1. The third kappa shape index (κ3) is 2.98. The molecule has 5 heteroatoms. The summed E-state index contributed by atoms with van der Waals surface area (Å²) < 4.78 is 26.8. The molecule has 0 spiro atoms. The molecule has 1 atom stereocenters. The average Bonchev–Trinajstić information content (AvgIpc) is 2.86. The van der Waals surface area contributed by atoms with Gasteiger partial charge < -0.3 is 10.6 Å². The minimum Gasteiger partial charge on any atom is -0.335 e. The molecule has 0 aliphatic carbocycles. The number of carbonyl (C=O) groups excluding carboxylic acids is 1. The quantitative estimate of drug-likeness (QED) is 0.850. The standard InChI is InChI=1S/C14H16F2N2O/c15-12-4-1-5-13(16)11(12)6-7-14(19)18-8-2-3-10(18)9-17/h1,4-7,10H,2-3,8-9,17H2/b7-6+. The molecular weight excluding hydrogens is 250 g/mol. The summed E-state index contributed by atoms with van der Waals surface area (Å²) in [5.41, 5.74) is 5.38. The molecule has 1 aliphatic rings. The van der Waals surface area contributed by atoms with Gasteiger partial charge >= 0.3 is 0 Å². The maximum absolute atomic E-state index is 13.4. The number of nitrogens with two attached hydrogens (primary N) is 1. The second-order valence-corrected chi connectivity index (χ2v) is 4.53. The zero-order valence-electron chi connectivity index (χ0n) is 10.5. The lowest BCUT2D eigenvalue weighted by molar-refractivity contribution is -0.126. The van der Waals surface area contributed by atoms with Crippen molar-refractivity contribution in [3.8, 4) is 0 Å². The molecule has 0 bridgehead atoms. The molecule has 1 fully saturated rings. The highest BCUT2D eigenvalue weighted by atomic mass is 19.1. The van der Waals surface area contributed by atoms with E-state index in [0.717, 1.165) is 25.0 Å². The first kappa shape index (κ1) is 13.7. The van der Waals surface area contributed by atoms with E-state index in [-0.39, 0.29) is 17.5 Å². The average molecular weight is 266 g/mol. The van der Waals surface area contributed by atoms with E-state index < -0.39 is 11.6 Å². The molecule has 102 valence electrons. The maximum atomic E-state index is 13.4. The Hall–Kier alpha value is -1.75. The van der Waals surface area contributed by atoms with Crippen LogP contribution in [0.3, 0.4) is 0 Å². The van der Waals surface area contributed by atoms with Crippen molar-refractivity contribution in [3.63, 3.8) is 0 Å². The minimum atomic E-state index is -0.680. The Kier molecular flexibility index (Phi) is 4.27. The number of halogens is 2. The van der Waals surface area contributed by atoms with Crippen molar-refractivity contribution in [2.75, 3.05) is 13.1 Å². The molecule has 0 aromatic heterocycles. The van der Waals surface area contributed by atoms with E-state index in [2.05, 4.69) is 0 Å². The fraction of sp³-hybridized carbons (Fsp3) is 0.357. The van der Waals surface area contributed by atoms with Crippen LogP contribution in [0.5, 0.6) is 0 Å². The second-order valence-electron chi connectivity index (χ2n) is 4.53. The Balaban J connectivity index is 2.12.